The average Bonchev–Trinajstić information content (AvgIpc) is 2.43. The number of allylic oxidation sites excluding steroid dienone is 2. The van der Waals surface area contributed by atoms with E-state index in [0.29, 0.717) is 11.9 Å². The van der Waals surface area contributed by atoms with Crippen molar-refractivity contribution < 1.29 is 9.59 Å². The largest absolute Gasteiger partial charge is 0.302 e. The second-order valence-corrected chi connectivity index (χ2v) is 1.45. The summed E-state index contributed by atoms with van der Waals surface area (Å²) in [7, 11) is 0. The van der Waals surface area contributed by atoms with Gasteiger partial charge in [-0.2, -0.15) is 0 Å². The topological polar surface area (TPSA) is 34.1 Å². The molecule has 0 bridgehead atoms. The fourth-order valence-corrected chi connectivity index (χ4v) is 0.395. The van der Waals surface area contributed by atoms with Crippen LogP contribution < -0.4 is 0 Å². The first kappa shape index (κ1) is 4.24. The molecule has 2 nitrogen and oxygen atoms in total. The van der Waals surface area contributed by atoms with E-state index in [9.17, 15) is 9.59 Å². The molecule has 1 aliphatic rings. The highest BCUT2D eigenvalue weighted by Gasteiger charge is 2.21. The molecule has 1 atom stereocenters. The SMILES string of the molecule is O=CC1=CC1C=O. The summed E-state index contributed by atoms with van der Waals surface area (Å²) in [6.07, 6.45) is 3.09. The third-order valence-corrected chi connectivity index (χ3v) is 0.930. The molecule has 0 N–H and O–H groups in total. The van der Waals surface area contributed by atoms with Crippen molar-refractivity contribution in [3.63, 3.8) is 0 Å². The van der Waals surface area contributed by atoms with Crippen LogP contribution in [0.2, 0.25) is 0 Å². The van der Waals surface area contributed by atoms with Gasteiger partial charge in [-0.25, -0.2) is 0 Å². The van der Waals surface area contributed by atoms with Crippen molar-refractivity contribution in [2.24, 2.45) is 5.92 Å². The van der Waals surface area contributed by atoms with Crippen molar-refractivity contribution in [3.05, 3.63) is 11.6 Å². The first-order valence-electron chi connectivity index (χ1n) is 2.00. The molecule has 2 heteroatoms. The molecular weight excluding hydrogens is 92.1 g/mol. The van der Waals surface area contributed by atoms with Crippen molar-refractivity contribution in [2.45, 2.75) is 0 Å². The minimum Gasteiger partial charge on any atom is -0.302 e. The zero-order chi connectivity index (χ0) is 5.28. The van der Waals surface area contributed by atoms with E-state index in [1.807, 2.05) is 0 Å². The van der Waals surface area contributed by atoms with E-state index in [-0.39, 0.29) is 5.92 Å². The minimum absolute atomic E-state index is 0.141. The average molecular weight is 96.1 g/mol. The van der Waals surface area contributed by atoms with Gasteiger partial charge < -0.3 is 4.79 Å². The Morgan fingerprint density at radius 2 is 2.29 bits per heavy atom. The Balaban J connectivity index is 2.40. The fourth-order valence-electron chi connectivity index (χ4n) is 0.395. The van der Waals surface area contributed by atoms with Gasteiger partial charge in [-0.15, -0.1) is 0 Å². The molecule has 0 heterocycles. The standard InChI is InChI=1S/C5H4O2/c6-2-4-1-5(4)3-7/h1-4H. The Kier molecular flexibility index (Phi) is 0.785. The van der Waals surface area contributed by atoms with E-state index < -0.39 is 0 Å². The molecule has 7 heavy (non-hydrogen) atoms. The fraction of sp³-hybridized carbons (Fsp3) is 0.200. The second kappa shape index (κ2) is 1.30. The molecule has 0 aromatic heterocycles. The van der Waals surface area contributed by atoms with Crippen LogP contribution in [0.3, 0.4) is 0 Å². The lowest BCUT2D eigenvalue weighted by molar-refractivity contribution is -0.110. The molecule has 1 aliphatic carbocycles. The van der Waals surface area contributed by atoms with Gasteiger partial charge in [-0.3, -0.25) is 4.79 Å². The van der Waals surface area contributed by atoms with Gasteiger partial charge >= 0.3 is 0 Å². The quantitative estimate of drug-likeness (QED) is 0.451. The molecule has 0 saturated carbocycles. The molecule has 0 fully saturated rings. The number of hydrogen-bond acceptors (Lipinski definition) is 2. The molecule has 0 aromatic carbocycles. The number of carbonyl (C=O) groups is 2. The maximum absolute atomic E-state index is 9.73. The van der Waals surface area contributed by atoms with Crippen LogP contribution >= 0.6 is 0 Å². The van der Waals surface area contributed by atoms with Crippen LogP contribution in [0.25, 0.3) is 0 Å². The number of aldehydes is 2. The molecule has 0 spiro atoms. The lowest BCUT2D eigenvalue weighted by Gasteiger charge is -1.69. The van der Waals surface area contributed by atoms with E-state index in [2.05, 4.69) is 0 Å². The number of rotatable bonds is 2. The molecule has 0 radical (unpaired) electrons. The summed E-state index contributed by atoms with van der Waals surface area (Å²) in [5, 5.41) is 0. The number of carbonyl (C=O) groups excluding carboxylic acids is 2. The van der Waals surface area contributed by atoms with Crippen LogP contribution in [-0.4, -0.2) is 12.6 Å². The summed E-state index contributed by atoms with van der Waals surface area (Å²) in [6, 6.07) is 0. The third kappa shape index (κ3) is 0.585. The van der Waals surface area contributed by atoms with Crippen LogP contribution in [0.5, 0.6) is 0 Å². The predicted molar refractivity (Wildman–Crippen MR) is 23.7 cm³/mol. The Labute approximate surface area is 40.8 Å². The van der Waals surface area contributed by atoms with Gasteiger partial charge in [0.1, 0.15) is 12.6 Å². The first-order chi connectivity index (χ1) is 3.38. The van der Waals surface area contributed by atoms with Gasteiger partial charge in [-0.05, 0) is 0 Å². The summed E-state index contributed by atoms with van der Waals surface area (Å²) >= 11 is 0. The van der Waals surface area contributed by atoms with Gasteiger partial charge in [-0.1, -0.05) is 6.08 Å². The van der Waals surface area contributed by atoms with Crippen molar-refractivity contribution in [2.75, 3.05) is 0 Å². The zero-order valence-electron chi connectivity index (χ0n) is 3.63. The van der Waals surface area contributed by atoms with Crippen LogP contribution in [-0.2, 0) is 9.59 Å². The summed E-state index contributed by atoms with van der Waals surface area (Å²) in [4.78, 5) is 19.4. The Hall–Kier alpha value is -0.920. The van der Waals surface area contributed by atoms with Crippen LogP contribution in [0.4, 0.5) is 0 Å². The summed E-state index contributed by atoms with van der Waals surface area (Å²) < 4.78 is 0. The molecular formula is C5H4O2. The third-order valence-electron chi connectivity index (χ3n) is 0.930. The summed E-state index contributed by atoms with van der Waals surface area (Å²) in [5.41, 5.74) is 0.620. The van der Waals surface area contributed by atoms with Crippen molar-refractivity contribution in [1.29, 1.82) is 0 Å². The zero-order valence-corrected chi connectivity index (χ0v) is 3.63. The number of hydrogen-bond donors (Lipinski definition) is 0. The molecule has 0 amide bonds. The van der Waals surface area contributed by atoms with Gasteiger partial charge in [0.2, 0.25) is 0 Å². The van der Waals surface area contributed by atoms with E-state index in [1.165, 1.54) is 0 Å². The van der Waals surface area contributed by atoms with Crippen molar-refractivity contribution in [1.82, 2.24) is 0 Å². The molecule has 0 aromatic rings. The van der Waals surface area contributed by atoms with Crippen molar-refractivity contribution >= 4 is 12.6 Å². The van der Waals surface area contributed by atoms with Gasteiger partial charge in [0.05, 0.1) is 5.92 Å². The van der Waals surface area contributed by atoms with Crippen LogP contribution in [0, 0.1) is 5.92 Å². The summed E-state index contributed by atoms with van der Waals surface area (Å²) in [6.45, 7) is 0. The highest BCUT2D eigenvalue weighted by Crippen LogP contribution is 2.22. The Bertz CT molecular complexity index is 135. The van der Waals surface area contributed by atoms with Gasteiger partial charge in [0, 0.05) is 5.57 Å². The normalized spacial score (nSPS) is 25.7. The highest BCUT2D eigenvalue weighted by molar-refractivity contribution is 5.90. The van der Waals surface area contributed by atoms with E-state index in [4.69, 9.17) is 0 Å². The smallest absolute Gasteiger partial charge is 0.146 e. The van der Waals surface area contributed by atoms with Crippen LogP contribution in [0.15, 0.2) is 11.6 Å². The lowest BCUT2D eigenvalue weighted by Crippen LogP contribution is -1.80. The molecule has 1 unspecified atom stereocenters. The predicted octanol–water partition coefficient (Wildman–Crippen LogP) is -0.0596. The second-order valence-electron chi connectivity index (χ2n) is 1.45. The van der Waals surface area contributed by atoms with E-state index in [1.54, 1.807) is 6.08 Å². The first-order valence-corrected chi connectivity index (χ1v) is 2.00. The molecule has 36 valence electrons. The lowest BCUT2D eigenvalue weighted by atomic mass is 10.3. The Morgan fingerprint density at radius 1 is 1.57 bits per heavy atom. The van der Waals surface area contributed by atoms with Crippen LogP contribution in [0.1, 0.15) is 0 Å². The maximum Gasteiger partial charge on any atom is 0.146 e. The van der Waals surface area contributed by atoms with Gasteiger partial charge in [0.15, 0.2) is 0 Å². The van der Waals surface area contributed by atoms with Gasteiger partial charge in [0.25, 0.3) is 0 Å². The molecule has 0 aliphatic heterocycles. The molecule has 1 rings (SSSR count). The minimum atomic E-state index is -0.141. The monoisotopic (exact) mass is 96.0 g/mol. The highest BCUT2D eigenvalue weighted by atomic mass is 16.1. The summed E-state index contributed by atoms with van der Waals surface area (Å²) in [5.74, 6) is -0.141. The van der Waals surface area contributed by atoms with Crippen molar-refractivity contribution in [3.8, 4) is 0 Å². The molecule has 0 saturated heterocycles. The van der Waals surface area contributed by atoms with E-state index >= 15 is 0 Å². The Morgan fingerprint density at radius 3 is 2.43 bits per heavy atom. The maximum atomic E-state index is 9.73. The van der Waals surface area contributed by atoms with E-state index in [0.717, 1.165) is 6.29 Å².